The van der Waals surface area contributed by atoms with Crippen molar-refractivity contribution >= 4 is 0 Å². The van der Waals surface area contributed by atoms with Crippen molar-refractivity contribution < 1.29 is 9.47 Å². The third-order valence-corrected chi connectivity index (χ3v) is 2.62. The van der Waals surface area contributed by atoms with Crippen LogP contribution >= 0.6 is 0 Å². The molecular weight excluding hydrogens is 226 g/mol. The van der Waals surface area contributed by atoms with Crippen LogP contribution in [-0.4, -0.2) is 26.4 Å². The molecule has 0 heterocycles. The number of benzene rings is 1. The van der Waals surface area contributed by atoms with Crippen molar-refractivity contribution in [2.24, 2.45) is 0 Å². The third-order valence-electron chi connectivity index (χ3n) is 2.62. The van der Waals surface area contributed by atoms with Crippen LogP contribution in [0.15, 0.2) is 24.3 Å². The first kappa shape index (κ1) is 15.2. The first-order valence-electron chi connectivity index (χ1n) is 6.80. The van der Waals surface area contributed by atoms with Gasteiger partial charge in [-0.1, -0.05) is 31.2 Å². The molecule has 0 spiro atoms. The van der Waals surface area contributed by atoms with Crippen LogP contribution in [0.2, 0.25) is 0 Å². The first-order chi connectivity index (χ1) is 8.86. The molecule has 0 amide bonds. The summed E-state index contributed by atoms with van der Waals surface area (Å²) in [6, 6.07) is 8.57. The minimum atomic E-state index is 0.660. The van der Waals surface area contributed by atoms with Crippen molar-refractivity contribution in [3.63, 3.8) is 0 Å². The second-order valence-electron chi connectivity index (χ2n) is 4.24. The minimum Gasteiger partial charge on any atom is -0.379 e. The number of ether oxygens (including phenoxy) is 2. The highest BCUT2D eigenvalue weighted by molar-refractivity contribution is 5.21. The standard InChI is InChI=1S/C15H25NO2/c1-3-9-16-12-14-5-7-15(8-6-14)13-18-11-10-17-4-2/h5-8,16H,3-4,9-13H2,1-2H3. The molecule has 0 fully saturated rings. The SMILES string of the molecule is CCCNCc1ccc(COCCOCC)cc1. The van der Waals surface area contributed by atoms with Crippen LogP contribution in [0, 0.1) is 0 Å². The molecule has 0 bridgehead atoms. The normalized spacial score (nSPS) is 10.8. The lowest BCUT2D eigenvalue weighted by molar-refractivity contribution is 0.0453. The summed E-state index contributed by atoms with van der Waals surface area (Å²) in [5.41, 5.74) is 2.53. The molecule has 18 heavy (non-hydrogen) atoms. The maximum Gasteiger partial charge on any atom is 0.0718 e. The van der Waals surface area contributed by atoms with E-state index in [0.29, 0.717) is 19.8 Å². The van der Waals surface area contributed by atoms with Crippen LogP contribution in [0.4, 0.5) is 0 Å². The van der Waals surface area contributed by atoms with E-state index in [9.17, 15) is 0 Å². The molecule has 0 saturated heterocycles. The van der Waals surface area contributed by atoms with Crippen molar-refractivity contribution in [3.05, 3.63) is 35.4 Å². The Morgan fingerprint density at radius 3 is 2.28 bits per heavy atom. The molecule has 0 radical (unpaired) electrons. The molecule has 1 aromatic carbocycles. The Balaban J connectivity index is 2.19. The van der Waals surface area contributed by atoms with E-state index in [2.05, 4.69) is 36.5 Å². The van der Waals surface area contributed by atoms with Crippen LogP contribution in [0.3, 0.4) is 0 Å². The lowest BCUT2D eigenvalue weighted by atomic mass is 10.1. The Hall–Kier alpha value is -0.900. The molecule has 102 valence electrons. The van der Waals surface area contributed by atoms with Gasteiger partial charge in [-0.15, -0.1) is 0 Å². The summed E-state index contributed by atoms with van der Waals surface area (Å²) < 4.78 is 10.7. The zero-order valence-corrected chi connectivity index (χ0v) is 11.6. The van der Waals surface area contributed by atoms with Crippen LogP contribution < -0.4 is 5.32 Å². The van der Waals surface area contributed by atoms with E-state index in [1.54, 1.807) is 0 Å². The highest BCUT2D eigenvalue weighted by Crippen LogP contribution is 2.05. The summed E-state index contributed by atoms with van der Waals surface area (Å²) >= 11 is 0. The number of rotatable bonds is 10. The zero-order chi connectivity index (χ0) is 13.1. The molecular formula is C15H25NO2. The van der Waals surface area contributed by atoms with Gasteiger partial charge in [-0.3, -0.25) is 0 Å². The summed E-state index contributed by atoms with van der Waals surface area (Å²) in [6.45, 7) is 8.93. The first-order valence-corrected chi connectivity index (χ1v) is 6.80. The molecule has 3 heteroatoms. The fraction of sp³-hybridized carbons (Fsp3) is 0.600. The Labute approximate surface area is 110 Å². The third kappa shape index (κ3) is 6.74. The summed E-state index contributed by atoms with van der Waals surface area (Å²) in [5, 5.41) is 3.39. The van der Waals surface area contributed by atoms with Crippen LogP contribution in [0.1, 0.15) is 31.4 Å². The van der Waals surface area contributed by atoms with E-state index in [4.69, 9.17) is 9.47 Å². The molecule has 0 aliphatic rings. The van der Waals surface area contributed by atoms with Gasteiger partial charge in [0.15, 0.2) is 0 Å². The van der Waals surface area contributed by atoms with E-state index in [1.165, 1.54) is 17.5 Å². The fourth-order valence-corrected chi connectivity index (χ4v) is 1.62. The number of nitrogens with one attached hydrogen (secondary N) is 1. The Bertz CT molecular complexity index is 298. The quantitative estimate of drug-likeness (QED) is 0.649. The molecule has 1 aromatic rings. The van der Waals surface area contributed by atoms with Gasteiger partial charge in [0.2, 0.25) is 0 Å². The smallest absolute Gasteiger partial charge is 0.0718 e. The zero-order valence-electron chi connectivity index (χ0n) is 11.6. The average molecular weight is 251 g/mol. The van der Waals surface area contributed by atoms with E-state index in [0.717, 1.165) is 19.7 Å². The molecule has 0 atom stereocenters. The minimum absolute atomic E-state index is 0.660. The van der Waals surface area contributed by atoms with Gasteiger partial charge in [-0.25, -0.2) is 0 Å². The maximum atomic E-state index is 5.52. The van der Waals surface area contributed by atoms with Gasteiger partial charge in [0, 0.05) is 13.2 Å². The summed E-state index contributed by atoms with van der Waals surface area (Å²) in [6.07, 6.45) is 1.17. The predicted octanol–water partition coefficient (Wildman–Crippen LogP) is 2.74. The molecule has 3 nitrogen and oxygen atoms in total. The molecule has 0 aliphatic carbocycles. The fourth-order valence-electron chi connectivity index (χ4n) is 1.62. The van der Waals surface area contributed by atoms with Crippen molar-refractivity contribution in [2.45, 2.75) is 33.4 Å². The molecule has 1 N–H and O–H groups in total. The topological polar surface area (TPSA) is 30.5 Å². The summed E-state index contributed by atoms with van der Waals surface area (Å²) in [4.78, 5) is 0. The maximum absolute atomic E-state index is 5.52. The molecule has 0 aromatic heterocycles. The predicted molar refractivity (Wildman–Crippen MR) is 74.6 cm³/mol. The Morgan fingerprint density at radius 2 is 1.61 bits per heavy atom. The van der Waals surface area contributed by atoms with Crippen molar-refractivity contribution in [3.8, 4) is 0 Å². The molecule has 0 aliphatic heterocycles. The lowest BCUT2D eigenvalue weighted by Crippen LogP contribution is -2.13. The van der Waals surface area contributed by atoms with Gasteiger partial charge in [-0.2, -0.15) is 0 Å². The van der Waals surface area contributed by atoms with Crippen molar-refractivity contribution in [2.75, 3.05) is 26.4 Å². The highest BCUT2D eigenvalue weighted by Gasteiger charge is 1.95. The number of hydrogen-bond acceptors (Lipinski definition) is 3. The van der Waals surface area contributed by atoms with Crippen LogP contribution in [0.5, 0.6) is 0 Å². The van der Waals surface area contributed by atoms with E-state index in [1.807, 2.05) is 6.92 Å². The average Bonchev–Trinajstić information content (AvgIpc) is 2.40. The van der Waals surface area contributed by atoms with Crippen molar-refractivity contribution in [1.82, 2.24) is 5.32 Å². The lowest BCUT2D eigenvalue weighted by Gasteiger charge is -2.06. The van der Waals surface area contributed by atoms with E-state index < -0.39 is 0 Å². The summed E-state index contributed by atoms with van der Waals surface area (Å²) in [7, 11) is 0. The monoisotopic (exact) mass is 251 g/mol. The van der Waals surface area contributed by atoms with Gasteiger partial charge >= 0.3 is 0 Å². The molecule has 0 unspecified atom stereocenters. The van der Waals surface area contributed by atoms with Crippen LogP contribution in [-0.2, 0) is 22.6 Å². The Morgan fingerprint density at radius 1 is 0.944 bits per heavy atom. The van der Waals surface area contributed by atoms with Gasteiger partial charge in [0.1, 0.15) is 0 Å². The van der Waals surface area contributed by atoms with Gasteiger partial charge in [0.25, 0.3) is 0 Å². The Kier molecular flexibility index (Phi) is 8.47. The second-order valence-corrected chi connectivity index (χ2v) is 4.24. The van der Waals surface area contributed by atoms with E-state index >= 15 is 0 Å². The summed E-state index contributed by atoms with van der Waals surface area (Å²) in [5.74, 6) is 0. The molecule has 0 saturated carbocycles. The van der Waals surface area contributed by atoms with E-state index in [-0.39, 0.29) is 0 Å². The van der Waals surface area contributed by atoms with Gasteiger partial charge in [0.05, 0.1) is 19.8 Å². The van der Waals surface area contributed by atoms with Gasteiger partial charge in [-0.05, 0) is 31.0 Å². The largest absolute Gasteiger partial charge is 0.379 e. The molecule has 1 rings (SSSR count). The highest BCUT2D eigenvalue weighted by atomic mass is 16.5. The van der Waals surface area contributed by atoms with Crippen molar-refractivity contribution in [1.29, 1.82) is 0 Å². The van der Waals surface area contributed by atoms with Crippen LogP contribution in [0.25, 0.3) is 0 Å². The second kappa shape index (κ2) is 10.1. The number of hydrogen-bond donors (Lipinski definition) is 1. The van der Waals surface area contributed by atoms with Gasteiger partial charge < -0.3 is 14.8 Å².